The molecule has 110 valence electrons. The molecule has 3 N–H and O–H groups in total. The van der Waals surface area contributed by atoms with Crippen LogP contribution < -0.4 is 5.32 Å². The number of aryl methyl sites for hydroxylation is 1. The molecule has 1 amide bonds. The molecule has 0 bridgehead atoms. The molecule has 0 unspecified atom stereocenters. The number of benzene rings is 1. The molecule has 0 saturated heterocycles. The molecule has 1 aromatic heterocycles. The lowest BCUT2D eigenvalue weighted by Gasteiger charge is -2.14. The summed E-state index contributed by atoms with van der Waals surface area (Å²) in [6.45, 7) is 1.72. The third-order valence-electron chi connectivity index (χ3n) is 2.95. The summed E-state index contributed by atoms with van der Waals surface area (Å²) >= 11 is 0. The number of nitrogens with zero attached hydrogens (tertiary/aromatic N) is 1. The van der Waals surface area contributed by atoms with E-state index in [0.717, 1.165) is 0 Å². The maximum absolute atomic E-state index is 13.6. The third kappa shape index (κ3) is 3.65. The summed E-state index contributed by atoms with van der Waals surface area (Å²) in [4.78, 5) is 29.8. The second kappa shape index (κ2) is 6.17. The van der Waals surface area contributed by atoms with Crippen molar-refractivity contribution < 1.29 is 19.1 Å². The quantitative estimate of drug-likeness (QED) is 0.773. The predicted octanol–water partition coefficient (Wildman–Crippen LogP) is 1.28. The fraction of sp³-hybridized carbons (Fsp3) is 0.214. The Hall–Kier alpha value is -2.70. The summed E-state index contributed by atoms with van der Waals surface area (Å²) in [6.07, 6.45) is 2.92. The van der Waals surface area contributed by atoms with Crippen molar-refractivity contribution in [3.8, 4) is 0 Å². The zero-order chi connectivity index (χ0) is 15.4. The van der Waals surface area contributed by atoms with Gasteiger partial charge in [0.25, 0.3) is 5.91 Å². The van der Waals surface area contributed by atoms with E-state index in [9.17, 15) is 14.0 Å². The van der Waals surface area contributed by atoms with Crippen LogP contribution >= 0.6 is 0 Å². The molecule has 2 rings (SSSR count). The van der Waals surface area contributed by atoms with Crippen LogP contribution in [0.4, 0.5) is 4.39 Å². The van der Waals surface area contributed by atoms with Crippen molar-refractivity contribution in [3.05, 3.63) is 53.4 Å². The minimum atomic E-state index is -1.20. The Balaban J connectivity index is 2.14. The van der Waals surface area contributed by atoms with Gasteiger partial charge in [-0.15, -0.1) is 0 Å². The van der Waals surface area contributed by atoms with Gasteiger partial charge in [-0.25, -0.2) is 14.2 Å². The monoisotopic (exact) mass is 291 g/mol. The number of aliphatic carboxylic acids is 1. The minimum absolute atomic E-state index is 0.0362. The van der Waals surface area contributed by atoms with Gasteiger partial charge in [-0.3, -0.25) is 4.79 Å². The first-order chi connectivity index (χ1) is 9.97. The highest BCUT2D eigenvalue weighted by Gasteiger charge is 2.23. The molecule has 1 atom stereocenters. The van der Waals surface area contributed by atoms with E-state index in [1.165, 1.54) is 30.7 Å². The molecule has 0 fully saturated rings. The summed E-state index contributed by atoms with van der Waals surface area (Å²) in [5.74, 6) is -2.65. The average molecular weight is 291 g/mol. The highest BCUT2D eigenvalue weighted by atomic mass is 19.1. The Kier molecular flexibility index (Phi) is 4.32. The molecule has 0 aliphatic rings. The van der Waals surface area contributed by atoms with Gasteiger partial charge in [0, 0.05) is 18.3 Å². The summed E-state index contributed by atoms with van der Waals surface area (Å²) in [5.41, 5.74) is 1.10. The second-order valence-corrected chi connectivity index (χ2v) is 4.63. The van der Waals surface area contributed by atoms with Gasteiger partial charge in [-0.05, 0) is 19.1 Å². The highest BCUT2D eigenvalue weighted by Crippen LogP contribution is 2.10. The fourth-order valence-electron chi connectivity index (χ4n) is 1.87. The normalized spacial score (nSPS) is 11.9. The van der Waals surface area contributed by atoms with Gasteiger partial charge >= 0.3 is 5.97 Å². The van der Waals surface area contributed by atoms with Crippen LogP contribution in [0.3, 0.4) is 0 Å². The Morgan fingerprint density at radius 1 is 1.48 bits per heavy atom. The molecule has 0 aliphatic carbocycles. The van der Waals surface area contributed by atoms with E-state index in [2.05, 4.69) is 15.3 Å². The van der Waals surface area contributed by atoms with Gasteiger partial charge in [0.1, 0.15) is 11.9 Å². The van der Waals surface area contributed by atoms with Crippen molar-refractivity contribution in [2.45, 2.75) is 19.4 Å². The SMILES string of the molecule is Cc1ccc(F)c(C(=O)N[C@@H](Cc2cnc[nH]2)C(=O)O)c1. The van der Waals surface area contributed by atoms with Crippen molar-refractivity contribution in [1.82, 2.24) is 15.3 Å². The molecular formula is C14H14FN3O3. The number of aromatic amines is 1. The number of carbonyl (C=O) groups is 2. The topological polar surface area (TPSA) is 95.1 Å². The average Bonchev–Trinajstić information content (AvgIpc) is 2.93. The van der Waals surface area contributed by atoms with Crippen molar-refractivity contribution in [3.63, 3.8) is 0 Å². The van der Waals surface area contributed by atoms with Gasteiger partial charge in [-0.2, -0.15) is 0 Å². The summed E-state index contributed by atoms with van der Waals surface area (Å²) in [7, 11) is 0. The van der Waals surface area contributed by atoms with E-state index in [1.807, 2.05) is 0 Å². The van der Waals surface area contributed by atoms with Crippen LogP contribution in [0.2, 0.25) is 0 Å². The van der Waals surface area contributed by atoms with Gasteiger partial charge in [0.15, 0.2) is 0 Å². The van der Waals surface area contributed by atoms with E-state index in [4.69, 9.17) is 5.11 Å². The van der Waals surface area contributed by atoms with E-state index < -0.39 is 23.7 Å². The molecule has 1 aromatic carbocycles. The predicted molar refractivity (Wildman–Crippen MR) is 72.3 cm³/mol. The lowest BCUT2D eigenvalue weighted by Crippen LogP contribution is -2.42. The number of hydrogen-bond donors (Lipinski definition) is 3. The van der Waals surface area contributed by atoms with Crippen molar-refractivity contribution >= 4 is 11.9 Å². The standard InChI is InChI=1S/C14H14FN3O3/c1-8-2-3-11(15)10(4-8)13(19)18-12(14(20)21)5-9-6-16-7-17-9/h2-4,6-7,12H,5H2,1H3,(H,16,17)(H,18,19)(H,20,21)/t12-/m0/s1. The van der Waals surface area contributed by atoms with Crippen LogP contribution in [0.25, 0.3) is 0 Å². The van der Waals surface area contributed by atoms with Crippen molar-refractivity contribution in [2.75, 3.05) is 0 Å². The number of imidazole rings is 1. The molecule has 1 heterocycles. The zero-order valence-corrected chi connectivity index (χ0v) is 11.3. The first-order valence-electron chi connectivity index (χ1n) is 6.24. The van der Waals surface area contributed by atoms with Crippen LogP contribution in [0.15, 0.2) is 30.7 Å². The summed E-state index contributed by atoms with van der Waals surface area (Å²) < 4.78 is 13.6. The second-order valence-electron chi connectivity index (χ2n) is 4.63. The lowest BCUT2D eigenvalue weighted by molar-refractivity contribution is -0.139. The number of hydrogen-bond acceptors (Lipinski definition) is 3. The molecule has 0 aliphatic heterocycles. The number of carboxylic acids is 1. The summed E-state index contributed by atoms with van der Waals surface area (Å²) in [5, 5.41) is 11.5. The molecule has 0 spiro atoms. The van der Waals surface area contributed by atoms with E-state index in [-0.39, 0.29) is 12.0 Å². The minimum Gasteiger partial charge on any atom is -0.480 e. The number of carbonyl (C=O) groups excluding carboxylic acids is 1. The molecule has 0 saturated carbocycles. The third-order valence-corrected chi connectivity index (χ3v) is 2.95. The number of nitrogens with one attached hydrogen (secondary N) is 2. The Bertz CT molecular complexity index is 655. The van der Waals surface area contributed by atoms with Crippen LogP contribution in [-0.2, 0) is 11.2 Å². The Morgan fingerprint density at radius 3 is 2.86 bits per heavy atom. The smallest absolute Gasteiger partial charge is 0.326 e. The summed E-state index contributed by atoms with van der Waals surface area (Å²) in [6, 6.07) is 2.91. The van der Waals surface area contributed by atoms with Gasteiger partial charge in [0.2, 0.25) is 0 Å². The van der Waals surface area contributed by atoms with E-state index >= 15 is 0 Å². The first-order valence-corrected chi connectivity index (χ1v) is 6.24. The van der Waals surface area contributed by atoms with Crippen molar-refractivity contribution in [1.29, 1.82) is 0 Å². The lowest BCUT2D eigenvalue weighted by atomic mass is 10.1. The molecule has 0 radical (unpaired) electrons. The molecule has 21 heavy (non-hydrogen) atoms. The molecule has 2 aromatic rings. The number of carboxylic acid groups (broad SMARTS) is 1. The van der Waals surface area contributed by atoms with Crippen LogP contribution in [-0.4, -0.2) is 33.0 Å². The number of H-pyrrole nitrogens is 1. The Morgan fingerprint density at radius 2 is 2.24 bits per heavy atom. The van der Waals surface area contributed by atoms with Gasteiger partial charge in [0.05, 0.1) is 11.9 Å². The number of aromatic nitrogens is 2. The van der Waals surface area contributed by atoms with Crippen LogP contribution in [0, 0.1) is 12.7 Å². The fourth-order valence-corrected chi connectivity index (χ4v) is 1.87. The van der Waals surface area contributed by atoms with Gasteiger partial charge in [-0.1, -0.05) is 11.6 Å². The maximum atomic E-state index is 13.6. The molecule has 7 heteroatoms. The zero-order valence-electron chi connectivity index (χ0n) is 11.3. The number of halogens is 1. The Labute approximate surface area is 120 Å². The largest absolute Gasteiger partial charge is 0.480 e. The van der Waals surface area contributed by atoms with Crippen LogP contribution in [0.1, 0.15) is 21.6 Å². The van der Waals surface area contributed by atoms with Gasteiger partial charge < -0.3 is 15.4 Å². The van der Waals surface area contributed by atoms with Crippen LogP contribution in [0.5, 0.6) is 0 Å². The number of rotatable bonds is 5. The molecule has 6 nitrogen and oxygen atoms in total. The highest BCUT2D eigenvalue weighted by molar-refractivity contribution is 5.97. The number of amides is 1. The van der Waals surface area contributed by atoms with Crippen molar-refractivity contribution in [2.24, 2.45) is 0 Å². The first kappa shape index (κ1) is 14.7. The maximum Gasteiger partial charge on any atom is 0.326 e. The van der Waals surface area contributed by atoms with E-state index in [1.54, 1.807) is 6.92 Å². The van der Waals surface area contributed by atoms with E-state index in [0.29, 0.717) is 11.3 Å². The molecular weight excluding hydrogens is 277 g/mol.